The third-order valence-corrected chi connectivity index (χ3v) is 6.54. The molecule has 2 aliphatic heterocycles. The topological polar surface area (TPSA) is 71.0 Å². The lowest BCUT2D eigenvalue weighted by Gasteiger charge is -2.44. The first-order chi connectivity index (χ1) is 16.4. The van der Waals surface area contributed by atoms with E-state index in [0.29, 0.717) is 24.4 Å². The molecule has 0 radical (unpaired) electrons. The number of nitrogens with zero attached hydrogens (tertiary/aromatic N) is 1. The lowest BCUT2D eigenvalue weighted by atomic mass is 9.94. The minimum atomic E-state index is -0.742. The predicted octanol–water partition coefficient (Wildman–Crippen LogP) is 3.43. The van der Waals surface area contributed by atoms with Gasteiger partial charge >= 0.3 is 0 Å². The van der Waals surface area contributed by atoms with Crippen LogP contribution in [0.1, 0.15) is 30.4 Å². The Morgan fingerprint density at radius 1 is 1.15 bits per heavy atom. The van der Waals surface area contributed by atoms with E-state index in [9.17, 15) is 18.7 Å². The molecule has 2 aliphatic rings. The van der Waals surface area contributed by atoms with Crippen LogP contribution >= 0.6 is 11.6 Å². The molecule has 9 heteroatoms. The van der Waals surface area contributed by atoms with Crippen molar-refractivity contribution in [3.8, 4) is 0 Å². The number of halogens is 3. The number of rotatable bonds is 6. The second kappa shape index (κ2) is 11.6. The first-order valence-electron chi connectivity index (χ1n) is 11.5. The molecule has 0 saturated carbocycles. The van der Waals surface area contributed by atoms with E-state index >= 15 is 0 Å². The summed E-state index contributed by atoms with van der Waals surface area (Å²) in [5.74, 6) is -1.11. The lowest BCUT2D eigenvalue weighted by molar-refractivity contribution is -0.158. The van der Waals surface area contributed by atoms with Crippen LogP contribution in [0.2, 0.25) is 5.02 Å². The van der Waals surface area contributed by atoms with Gasteiger partial charge < -0.3 is 19.9 Å². The highest BCUT2D eigenvalue weighted by molar-refractivity contribution is 6.30. The quantitative estimate of drug-likeness (QED) is 0.644. The molecule has 2 heterocycles. The summed E-state index contributed by atoms with van der Waals surface area (Å²) >= 11 is 5.89. The Morgan fingerprint density at radius 3 is 2.74 bits per heavy atom. The van der Waals surface area contributed by atoms with Crippen molar-refractivity contribution in [2.75, 3.05) is 19.8 Å². The van der Waals surface area contributed by atoms with E-state index in [0.717, 1.165) is 17.7 Å². The molecule has 0 aromatic heterocycles. The highest BCUT2D eigenvalue weighted by atomic mass is 35.5. The number of carbonyl (C=O) groups excluding carboxylic acids is 1. The van der Waals surface area contributed by atoms with Gasteiger partial charge in [-0.15, -0.1) is 0 Å². The molecule has 4 atom stereocenters. The van der Waals surface area contributed by atoms with Crippen LogP contribution in [-0.2, 0) is 27.4 Å². The van der Waals surface area contributed by atoms with E-state index in [1.54, 1.807) is 12.1 Å². The van der Waals surface area contributed by atoms with Crippen molar-refractivity contribution in [1.82, 2.24) is 10.2 Å². The minimum absolute atomic E-state index is 0.112. The zero-order chi connectivity index (χ0) is 24.1. The molecule has 2 aromatic carbocycles. The van der Waals surface area contributed by atoms with Crippen LogP contribution in [0.15, 0.2) is 42.5 Å². The van der Waals surface area contributed by atoms with Crippen LogP contribution in [0.3, 0.4) is 0 Å². The molecular formula is C25H29ClF2N2O4. The second-order valence-electron chi connectivity index (χ2n) is 8.91. The number of ether oxygens (including phenoxy) is 2. The van der Waals surface area contributed by atoms with Gasteiger partial charge in [-0.2, -0.15) is 0 Å². The fourth-order valence-electron chi connectivity index (χ4n) is 4.59. The summed E-state index contributed by atoms with van der Waals surface area (Å²) in [6.07, 6.45) is 0.187. The summed E-state index contributed by atoms with van der Waals surface area (Å²) < 4.78 is 39.8. The Labute approximate surface area is 202 Å². The van der Waals surface area contributed by atoms with E-state index in [2.05, 4.69) is 5.32 Å². The summed E-state index contributed by atoms with van der Waals surface area (Å²) in [5.41, 5.74) is 1.19. The van der Waals surface area contributed by atoms with E-state index in [-0.39, 0.29) is 62.4 Å². The van der Waals surface area contributed by atoms with Crippen LogP contribution in [0, 0.1) is 11.6 Å². The maximum Gasteiger partial charge on any atom is 0.222 e. The molecule has 2 fully saturated rings. The summed E-state index contributed by atoms with van der Waals surface area (Å²) in [6.45, 7) is 1.20. The van der Waals surface area contributed by atoms with Crippen molar-refractivity contribution in [2.45, 2.75) is 56.7 Å². The molecule has 0 bridgehead atoms. The van der Waals surface area contributed by atoms with Gasteiger partial charge in [-0.05, 0) is 48.7 Å². The normalized spacial score (nSPS) is 25.8. The maximum atomic E-state index is 14.3. The van der Waals surface area contributed by atoms with Crippen molar-refractivity contribution in [3.05, 3.63) is 70.2 Å². The third-order valence-electron chi connectivity index (χ3n) is 6.28. The molecule has 34 heavy (non-hydrogen) atoms. The van der Waals surface area contributed by atoms with Crippen molar-refractivity contribution in [2.24, 2.45) is 0 Å². The van der Waals surface area contributed by atoms with Gasteiger partial charge in [-0.1, -0.05) is 23.7 Å². The van der Waals surface area contributed by atoms with Crippen molar-refractivity contribution in [3.63, 3.8) is 0 Å². The molecular weight excluding hydrogens is 466 g/mol. The van der Waals surface area contributed by atoms with E-state index in [1.165, 1.54) is 6.07 Å². The Bertz CT molecular complexity index is 978. The molecule has 2 aromatic rings. The first kappa shape index (κ1) is 25.0. The van der Waals surface area contributed by atoms with Gasteiger partial charge in [0.1, 0.15) is 11.6 Å². The monoisotopic (exact) mass is 494 g/mol. The molecule has 0 unspecified atom stereocenters. The molecule has 2 N–H and O–H groups in total. The number of carbonyl (C=O) groups is 1. The number of aliphatic hydroxyl groups excluding tert-OH is 1. The Kier molecular flexibility index (Phi) is 8.50. The molecule has 184 valence electrons. The van der Waals surface area contributed by atoms with E-state index < -0.39 is 17.7 Å². The number of benzene rings is 2. The van der Waals surface area contributed by atoms with Crippen molar-refractivity contribution < 1.29 is 28.2 Å². The zero-order valence-corrected chi connectivity index (χ0v) is 19.5. The van der Waals surface area contributed by atoms with Crippen LogP contribution < -0.4 is 5.32 Å². The minimum Gasteiger partial charge on any atom is -0.389 e. The average molecular weight is 495 g/mol. The van der Waals surface area contributed by atoms with Gasteiger partial charge in [0.15, 0.2) is 0 Å². The van der Waals surface area contributed by atoms with Crippen LogP contribution in [0.5, 0.6) is 0 Å². The Morgan fingerprint density at radius 2 is 1.94 bits per heavy atom. The number of hydrogen-bond donors (Lipinski definition) is 2. The SMILES string of the molecule is O=C(C[C@@H]1CC[C@@H]2[C@H](COC[C@H](O)CN2Cc2cc(F)ccc2F)O1)NCc1ccc(Cl)cc1. The van der Waals surface area contributed by atoms with Gasteiger partial charge in [-0.25, -0.2) is 8.78 Å². The number of fused-ring (bicyclic) bond motifs is 1. The number of amides is 1. The van der Waals surface area contributed by atoms with Crippen LogP contribution in [0.25, 0.3) is 0 Å². The number of nitrogens with one attached hydrogen (secondary N) is 1. The van der Waals surface area contributed by atoms with Gasteiger partial charge in [-0.3, -0.25) is 9.69 Å². The lowest BCUT2D eigenvalue weighted by Crippen LogP contribution is -2.55. The van der Waals surface area contributed by atoms with Gasteiger partial charge in [0.25, 0.3) is 0 Å². The average Bonchev–Trinajstić information content (AvgIpc) is 2.80. The summed E-state index contributed by atoms with van der Waals surface area (Å²) in [4.78, 5) is 14.4. The fourth-order valence-corrected chi connectivity index (χ4v) is 4.72. The fraction of sp³-hybridized carbons (Fsp3) is 0.480. The smallest absolute Gasteiger partial charge is 0.222 e. The number of β-amino-alcohol motifs (C(OH)–C–C–N with tert-alkyl or cyclic N) is 1. The highest BCUT2D eigenvalue weighted by Crippen LogP contribution is 2.29. The van der Waals surface area contributed by atoms with E-state index in [1.807, 2.05) is 17.0 Å². The zero-order valence-electron chi connectivity index (χ0n) is 18.8. The maximum absolute atomic E-state index is 14.3. The molecule has 2 saturated heterocycles. The summed E-state index contributed by atoms with van der Waals surface area (Å²) in [6, 6.07) is 10.5. The van der Waals surface area contributed by atoms with Gasteiger partial charge in [0.2, 0.25) is 5.91 Å². The molecule has 1 amide bonds. The molecule has 0 aliphatic carbocycles. The van der Waals surface area contributed by atoms with Crippen molar-refractivity contribution in [1.29, 1.82) is 0 Å². The van der Waals surface area contributed by atoms with Gasteiger partial charge in [0, 0.05) is 36.3 Å². The van der Waals surface area contributed by atoms with E-state index in [4.69, 9.17) is 21.1 Å². The predicted molar refractivity (Wildman–Crippen MR) is 123 cm³/mol. The third kappa shape index (κ3) is 6.73. The first-order valence-corrected chi connectivity index (χ1v) is 11.9. The summed E-state index contributed by atoms with van der Waals surface area (Å²) in [5, 5.41) is 13.8. The molecule has 4 rings (SSSR count). The number of hydrogen-bond acceptors (Lipinski definition) is 5. The Balaban J connectivity index is 1.36. The number of aliphatic hydroxyl groups is 1. The molecule has 0 spiro atoms. The van der Waals surface area contributed by atoms with Crippen molar-refractivity contribution >= 4 is 17.5 Å². The summed E-state index contributed by atoms with van der Waals surface area (Å²) in [7, 11) is 0. The molecule has 6 nitrogen and oxygen atoms in total. The van der Waals surface area contributed by atoms with Crippen LogP contribution in [-0.4, -0.2) is 60.0 Å². The second-order valence-corrected chi connectivity index (χ2v) is 9.34. The largest absolute Gasteiger partial charge is 0.389 e. The highest BCUT2D eigenvalue weighted by Gasteiger charge is 2.38. The Hall–Kier alpha value is -2.10. The standard InChI is InChI=1S/C25H29ClF2N2O4/c26-18-3-1-16(2-4-18)11-29-25(32)10-21-6-8-23-24(34-21)15-33-14-20(31)13-30(23)12-17-9-19(27)5-7-22(17)28/h1-5,7,9,20-21,23-24,31H,6,8,10-15H2,(H,29,32)/t20-,21+,23-,24+/m1/s1. The van der Waals surface area contributed by atoms with Gasteiger partial charge in [0.05, 0.1) is 37.9 Å². The van der Waals surface area contributed by atoms with Crippen LogP contribution in [0.4, 0.5) is 8.78 Å².